The Bertz CT molecular complexity index is 3210. The van der Waals surface area contributed by atoms with Gasteiger partial charge in [0.05, 0.1) is 5.69 Å². The molecule has 10 aromatic rings. The SMILES string of the molecule is c1ccc(N(c2ccc(-c3ccc4c(c3)[SiH](c3ccccc3)c3ccccc3[Si]43c4ccccc4Sc4ccccc43)cc2)c2cc3ccccc3c3ccccc23)cc1. The molecule has 0 aliphatic carbocycles. The molecule has 1 spiro atoms. The van der Waals surface area contributed by atoms with Crippen LogP contribution in [0.1, 0.15) is 0 Å². The predicted octanol–water partition coefficient (Wildman–Crippen LogP) is 9.53. The van der Waals surface area contributed by atoms with E-state index in [2.05, 4.69) is 235 Å². The minimum atomic E-state index is -2.68. The first-order valence-electron chi connectivity index (χ1n) is 20.8. The van der Waals surface area contributed by atoms with E-state index in [0.717, 1.165) is 11.4 Å². The van der Waals surface area contributed by atoms with Gasteiger partial charge < -0.3 is 4.90 Å². The van der Waals surface area contributed by atoms with Gasteiger partial charge in [-0.15, -0.1) is 0 Å². The van der Waals surface area contributed by atoms with Gasteiger partial charge in [-0.05, 0) is 90.5 Å². The molecule has 2 aliphatic heterocycles. The molecule has 0 fully saturated rings. The van der Waals surface area contributed by atoms with Gasteiger partial charge in [-0.2, -0.15) is 0 Å². The molecule has 0 bridgehead atoms. The number of anilines is 3. The number of hydrogen-bond donors (Lipinski definition) is 0. The van der Waals surface area contributed by atoms with Crippen LogP contribution in [0.3, 0.4) is 0 Å². The van der Waals surface area contributed by atoms with Gasteiger partial charge in [0, 0.05) is 26.6 Å². The molecule has 10 aromatic carbocycles. The highest BCUT2D eigenvalue weighted by Gasteiger charge is 2.52. The summed E-state index contributed by atoms with van der Waals surface area (Å²) in [5.41, 5.74) is 5.94. The Morgan fingerprint density at radius 3 is 1.63 bits per heavy atom. The molecule has 0 saturated carbocycles. The molecular weight excluding hydrogens is 775 g/mol. The van der Waals surface area contributed by atoms with Crippen LogP contribution in [0.5, 0.6) is 0 Å². The van der Waals surface area contributed by atoms with Gasteiger partial charge >= 0.3 is 0 Å². The fourth-order valence-corrected chi connectivity index (χ4v) is 22.8. The van der Waals surface area contributed by atoms with E-state index in [0.29, 0.717) is 0 Å². The zero-order valence-electron chi connectivity index (χ0n) is 32.9. The molecule has 1 atom stereocenters. The predicted molar refractivity (Wildman–Crippen MR) is 262 cm³/mol. The summed E-state index contributed by atoms with van der Waals surface area (Å²) in [6.45, 7) is 0. The van der Waals surface area contributed by atoms with Crippen molar-refractivity contribution in [3.63, 3.8) is 0 Å². The van der Waals surface area contributed by atoms with E-state index >= 15 is 0 Å². The lowest BCUT2D eigenvalue weighted by Gasteiger charge is -2.46. The van der Waals surface area contributed by atoms with Crippen LogP contribution in [0, 0.1) is 0 Å². The van der Waals surface area contributed by atoms with Crippen LogP contribution in [0.25, 0.3) is 32.7 Å². The highest BCUT2D eigenvalue weighted by atomic mass is 32.2. The Balaban J connectivity index is 1.05. The number of benzene rings is 10. The molecule has 60 heavy (non-hydrogen) atoms. The van der Waals surface area contributed by atoms with Crippen molar-refractivity contribution in [1.29, 1.82) is 0 Å². The lowest BCUT2D eigenvalue weighted by molar-refractivity contribution is 1.30. The summed E-state index contributed by atoms with van der Waals surface area (Å²) in [4.78, 5) is 5.21. The van der Waals surface area contributed by atoms with Crippen molar-refractivity contribution in [1.82, 2.24) is 0 Å². The molecule has 4 heteroatoms. The molecule has 0 saturated heterocycles. The second-order valence-corrected chi connectivity index (χ2v) is 23.5. The Labute approximate surface area is 357 Å². The fraction of sp³-hybridized carbons (Fsp3) is 0. The van der Waals surface area contributed by atoms with Crippen LogP contribution in [0.2, 0.25) is 0 Å². The van der Waals surface area contributed by atoms with Gasteiger partial charge in [0.15, 0.2) is 8.07 Å². The van der Waals surface area contributed by atoms with E-state index in [1.54, 1.807) is 20.7 Å². The first kappa shape index (κ1) is 35.3. The van der Waals surface area contributed by atoms with Crippen molar-refractivity contribution in [2.75, 3.05) is 4.90 Å². The van der Waals surface area contributed by atoms with Crippen LogP contribution in [0.4, 0.5) is 17.1 Å². The number of fused-ring (bicyclic) bond motifs is 11. The summed E-state index contributed by atoms with van der Waals surface area (Å²) in [5, 5.41) is 15.7. The maximum atomic E-state index is 2.59. The highest BCUT2D eigenvalue weighted by molar-refractivity contribution is 8.00. The minimum Gasteiger partial charge on any atom is -0.310 e. The van der Waals surface area contributed by atoms with Crippen LogP contribution in [-0.2, 0) is 0 Å². The maximum Gasteiger partial charge on any atom is 0.181 e. The zero-order valence-corrected chi connectivity index (χ0v) is 35.8. The second kappa shape index (κ2) is 14.2. The van der Waals surface area contributed by atoms with Crippen LogP contribution >= 0.6 is 11.8 Å². The average Bonchev–Trinajstić information content (AvgIpc) is 3.32. The summed E-state index contributed by atoms with van der Waals surface area (Å²) in [6, 6.07) is 87.0. The van der Waals surface area contributed by atoms with E-state index in [9.17, 15) is 0 Å². The Morgan fingerprint density at radius 1 is 0.367 bits per heavy atom. The first-order chi connectivity index (χ1) is 29.8. The van der Waals surface area contributed by atoms with Gasteiger partial charge in [-0.25, -0.2) is 0 Å². The van der Waals surface area contributed by atoms with E-state index in [1.807, 2.05) is 11.8 Å². The van der Waals surface area contributed by atoms with Crippen molar-refractivity contribution in [2.45, 2.75) is 9.79 Å². The van der Waals surface area contributed by atoms with E-state index in [-0.39, 0.29) is 0 Å². The molecule has 0 aromatic heterocycles. The van der Waals surface area contributed by atoms with Crippen molar-refractivity contribution in [3.05, 3.63) is 231 Å². The van der Waals surface area contributed by atoms with Crippen molar-refractivity contribution in [3.8, 4) is 11.1 Å². The van der Waals surface area contributed by atoms with Crippen LogP contribution in [-0.4, -0.2) is 16.9 Å². The number of hydrogen-bond acceptors (Lipinski definition) is 2. The van der Waals surface area contributed by atoms with Gasteiger partial charge in [0.2, 0.25) is 0 Å². The molecule has 2 aliphatic rings. The van der Waals surface area contributed by atoms with Crippen molar-refractivity contribution in [2.24, 2.45) is 0 Å². The topological polar surface area (TPSA) is 3.24 Å². The molecule has 1 unspecified atom stereocenters. The fourth-order valence-electron chi connectivity index (χ4n) is 10.3. The van der Waals surface area contributed by atoms with Crippen molar-refractivity contribution >= 4 is 104 Å². The van der Waals surface area contributed by atoms with Gasteiger partial charge in [0.25, 0.3) is 0 Å². The van der Waals surface area contributed by atoms with E-state index < -0.39 is 16.9 Å². The average molecular weight is 814 g/mol. The summed E-state index contributed by atoms with van der Waals surface area (Å²) < 4.78 is 0. The molecule has 0 N–H and O–H groups in total. The standard InChI is InChI=1S/C56H39NSSi2/c1-3-18-42(19-4-1)57(48-37-41-17-7-8-22-45(41)46-23-9-10-24-47(46)48)43-34-31-39(32-35-43)40-33-36-56-52(38-40)59(44-20-5-2-6-21-44)51-27-13-16-30-55(51)60(56)53-28-14-11-25-49(53)58-50-26-12-15-29-54(50)60/h1-38,59H. The summed E-state index contributed by atoms with van der Waals surface area (Å²) in [7, 11) is -4.58. The molecule has 0 radical (unpaired) electrons. The molecule has 282 valence electrons. The monoisotopic (exact) mass is 813 g/mol. The Kier molecular flexibility index (Phi) is 8.37. The van der Waals surface area contributed by atoms with E-state index in [1.165, 1.54) is 63.7 Å². The maximum absolute atomic E-state index is 2.68. The minimum absolute atomic E-state index is 1.13. The first-order valence-corrected chi connectivity index (χ1v) is 25.3. The lowest BCUT2D eigenvalue weighted by atomic mass is 9.98. The summed E-state index contributed by atoms with van der Waals surface area (Å²) in [5.74, 6) is 0. The second-order valence-electron chi connectivity index (χ2n) is 16.0. The number of nitrogens with zero attached hydrogens (tertiary/aromatic N) is 1. The van der Waals surface area contributed by atoms with Crippen molar-refractivity contribution < 1.29 is 0 Å². The zero-order chi connectivity index (χ0) is 39.6. The Hall–Kier alpha value is -6.70. The third kappa shape index (κ3) is 5.38. The highest BCUT2D eigenvalue weighted by Crippen LogP contribution is 2.42. The molecule has 12 rings (SSSR count). The largest absolute Gasteiger partial charge is 0.310 e. The number of rotatable bonds is 5. The summed E-state index contributed by atoms with van der Waals surface area (Å²) >= 11 is 1.94. The Morgan fingerprint density at radius 2 is 0.900 bits per heavy atom. The third-order valence-electron chi connectivity index (χ3n) is 12.8. The van der Waals surface area contributed by atoms with Gasteiger partial charge in [-0.1, -0.05) is 215 Å². The van der Waals surface area contributed by atoms with Gasteiger partial charge in [-0.3, -0.25) is 0 Å². The smallest absolute Gasteiger partial charge is 0.181 e. The van der Waals surface area contributed by atoms with Gasteiger partial charge in [0.1, 0.15) is 8.80 Å². The number of para-hydroxylation sites is 1. The molecular formula is C56H39NSSi2. The molecule has 2 heterocycles. The summed E-state index contributed by atoms with van der Waals surface area (Å²) in [6.07, 6.45) is 0. The quantitative estimate of drug-likeness (QED) is 0.126. The van der Waals surface area contributed by atoms with E-state index in [4.69, 9.17) is 0 Å². The normalized spacial score (nSPS) is 14.6. The molecule has 0 amide bonds. The molecule has 1 nitrogen and oxygen atoms in total. The van der Waals surface area contributed by atoms with Crippen LogP contribution in [0.15, 0.2) is 240 Å². The lowest BCUT2D eigenvalue weighted by Crippen LogP contribution is -2.87. The van der Waals surface area contributed by atoms with Crippen LogP contribution < -0.4 is 41.2 Å². The third-order valence-corrected chi connectivity index (χ3v) is 23.2.